The van der Waals surface area contributed by atoms with Gasteiger partial charge in [-0.15, -0.1) is 0 Å². The number of carboxylic acids is 1. The van der Waals surface area contributed by atoms with Gasteiger partial charge in [-0.2, -0.15) is 5.10 Å². The van der Waals surface area contributed by atoms with Crippen molar-refractivity contribution in [2.24, 2.45) is 5.73 Å². The minimum atomic E-state index is -0.993. The third-order valence-electron chi connectivity index (χ3n) is 2.76. The molecule has 3 N–H and O–H groups in total. The summed E-state index contributed by atoms with van der Waals surface area (Å²) >= 11 is 0. The maximum Gasteiger partial charge on any atom is 0.339 e. The van der Waals surface area contributed by atoms with Crippen LogP contribution in [0.25, 0.3) is 0 Å². The van der Waals surface area contributed by atoms with E-state index in [4.69, 9.17) is 10.8 Å². The van der Waals surface area contributed by atoms with Crippen molar-refractivity contribution in [3.63, 3.8) is 0 Å². The fraction of sp³-hybridized carbons (Fsp3) is 0.154. The standard InChI is InChI=1S/C13H13N3O3/c1-8-11(13(18)19)7-16(15-8)6-9-2-4-10(5-3-9)12(14)17/h2-5,7H,6H2,1H3,(H2,14,17)(H,18,19). The number of hydrogen-bond acceptors (Lipinski definition) is 3. The summed E-state index contributed by atoms with van der Waals surface area (Å²) < 4.78 is 1.55. The van der Waals surface area contributed by atoms with Crippen LogP contribution in [0.15, 0.2) is 30.5 Å². The summed E-state index contributed by atoms with van der Waals surface area (Å²) in [5.74, 6) is -1.47. The second-order valence-corrected chi connectivity index (χ2v) is 4.19. The van der Waals surface area contributed by atoms with Crippen molar-refractivity contribution in [3.8, 4) is 0 Å². The Hall–Kier alpha value is -2.63. The van der Waals surface area contributed by atoms with E-state index in [1.165, 1.54) is 6.20 Å². The lowest BCUT2D eigenvalue weighted by Gasteiger charge is -2.02. The number of amides is 1. The van der Waals surface area contributed by atoms with E-state index >= 15 is 0 Å². The molecule has 0 aliphatic carbocycles. The molecule has 1 aromatic carbocycles. The third kappa shape index (κ3) is 2.79. The number of aromatic carboxylic acids is 1. The Bertz CT molecular complexity index is 629. The van der Waals surface area contributed by atoms with Crippen molar-refractivity contribution < 1.29 is 14.7 Å². The van der Waals surface area contributed by atoms with E-state index in [9.17, 15) is 9.59 Å². The van der Waals surface area contributed by atoms with Crippen LogP contribution >= 0.6 is 0 Å². The molecular formula is C13H13N3O3. The van der Waals surface area contributed by atoms with Gasteiger partial charge >= 0.3 is 5.97 Å². The first-order chi connectivity index (χ1) is 8.97. The number of aromatic nitrogens is 2. The number of carbonyl (C=O) groups excluding carboxylic acids is 1. The highest BCUT2D eigenvalue weighted by atomic mass is 16.4. The van der Waals surface area contributed by atoms with E-state index < -0.39 is 11.9 Å². The van der Waals surface area contributed by atoms with Gasteiger partial charge in [-0.1, -0.05) is 12.1 Å². The highest BCUT2D eigenvalue weighted by Crippen LogP contribution is 2.09. The Morgan fingerprint density at radius 3 is 2.42 bits per heavy atom. The molecule has 19 heavy (non-hydrogen) atoms. The number of hydrogen-bond donors (Lipinski definition) is 2. The van der Waals surface area contributed by atoms with Crippen LogP contribution in [0.5, 0.6) is 0 Å². The summed E-state index contributed by atoms with van der Waals surface area (Å²) in [7, 11) is 0. The van der Waals surface area contributed by atoms with Crippen molar-refractivity contribution in [2.45, 2.75) is 13.5 Å². The van der Waals surface area contributed by atoms with Crippen LogP contribution in [-0.2, 0) is 6.54 Å². The zero-order chi connectivity index (χ0) is 14.0. The zero-order valence-corrected chi connectivity index (χ0v) is 10.3. The number of nitrogens with two attached hydrogens (primary N) is 1. The van der Waals surface area contributed by atoms with Crippen LogP contribution in [-0.4, -0.2) is 26.8 Å². The molecule has 1 amide bonds. The first kappa shape index (κ1) is 12.8. The lowest BCUT2D eigenvalue weighted by Crippen LogP contribution is -2.10. The average molecular weight is 259 g/mol. The molecule has 0 unspecified atom stereocenters. The third-order valence-corrected chi connectivity index (χ3v) is 2.76. The average Bonchev–Trinajstić information content (AvgIpc) is 2.71. The molecule has 0 aliphatic rings. The fourth-order valence-corrected chi connectivity index (χ4v) is 1.77. The van der Waals surface area contributed by atoms with Gasteiger partial charge in [0.05, 0.1) is 12.2 Å². The van der Waals surface area contributed by atoms with Crippen molar-refractivity contribution in [1.29, 1.82) is 0 Å². The molecule has 6 nitrogen and oxygen atoms in total. The summed E-state index contributed by atoms with van der Waals surface area (Å²) in [5, 5.41) is 13.1. The van der Waals surface area contributed by atoms with E-state index in [-0.39, 0.29) is 5.56 Å². The Morgan fingerprint density at radius 2 is 1.95 bits per heavy atom. The van der Waals surface area contributed by atoms with Gasteiger partial charge in [0.25, 0.3) is 0 Å². The number of primary amides is 1. The quantitative estimate of drug-likeness (QED) is 0.856. The maximum absolute atomic E-state index is 10.9. The Balaban J connectivity index is 2.19. The zero-order valence-electron chi connectivity index (χ0n) is 10.3. The lowest BCUT2D eigenvalue weighted by atomic mass is 10.1. The number of carboxylic acid groups (broad SMARTS) is 1. The predicted octanol–water partition coefficient (Wildman–Crippen LogP) is 1.04. The minimum Gasteiger partial charge on any atom is -0.478 e. The Labute approximate surface area is 109 Å². The van der Waals surface area contributed by atoms with Crippen LogP contribution in [0, 0.1) is 6.92 Å². The highest BCUT2D eigenvalue weighted by Gasteiger charge is 2.11. The smallest absolute Gasteiger partial charge is 0.339 e. The number of rotatable bonds is 4. The first-order valence-corrected chi connectivity index (χ1v) is 5.63. The first-order valence-electron chi connectivity index (χ1n) is 5.63. The van der Waals surface area contributed by atoms with E-state index in [2.05, 4.69) is 5.10 Å². The summed E-state index contributed by atoms with van der Waals surface area (Å²) in [6.07, 6.45) is 1.49. The molecule has 2 rings (SSSR count). The molecule has 98 valence electrons. The SMILES string of the molecule is Cc1nn(Cc2ccc(C(N)=O)cc2)cc1C(=O)O. The van der Waals surface area contributed by atoms with Gasteiger partial charge < -0.3 is 10.8 Å². The van der Waals surface area contributed by atoms with Crippen LogP contribution < -0.4 is 5.73 Å². The number of benzene rings is 1. The lowest BCUT2D eigenvalue weighted by molar-refractivity contribution is 0.0695. The van der Waals surface area contributed by atoms with Gasteiger partial charge in [0.15, 0.2) is 0 Å². The van der Waals surface area contributed by atoms with Crippen LogP contribution in [0.3, 0.4) is 0 Å². The van der Waals surface area contributed by atoms with Crippen molar-refractivity contribution in [2.75, 3.05) is 0 Å². The van der Waals surface area contributed by atoms with E-state index in [0.717, 1.165) is 5.56 Å². The van der Waals surface area contributed by atoms with Gasteiger partial charge in [-0.25, -0.2) is 4.79 Å². The molecule has 0 fully saturated rings. The van der Waals surface area contributed by atoms with Crippen LogP contribution in [0.4, 0.5) is 0 Å². The van der Waals surface area contributed by atoms with Gasteiger partial charge in [0.1, 0.15) is 5.56 Å². The predicted molar refractivity (Wildman–Crippen MR) is 68.0 cm³/mol. The van der Waals surface area contributed by atoms with Crippen molar-refractivity contribution in [3.05, 3.63) is 52.8 Å². The summed E-state index contributed by atoms with van der Waals surface area (Å²) in [6.45, 7) is 2.09. The van der Waals surface area contributed by atoms with Crippen molar-refractivity contribution >= 4 is 11.9 Å². The van der Waals surface area contributed by atoms with Gasteiger partial charge in [-0.3, -0.25) is 9.48 Å². The molecule has 0 aliphatic heterocycles. The molecule has 0 bridgehead atoms. The van der Waals surface area contributed by atoms with Crippen molar-refractivity contribution in [1.82, 2.24) is 9.78 Å². The molecule has 0 saturated heterocycles. The molecule has 1 aromatic heterocycles. The summed E-state index contributed by atoms with van der Waals surface area (Å²) in [6, 6.07) is 6.79. The van der Waals surface area contributed by atoms with E-state index in [1.54, 1.807) is 35.9 Å². The molecule has 0 radical (unpaired) electrons. The molecule has 6 heteroatoms. The van der Waals surface area contributed by atoms with Crippen LogP contribution in [0.2, 0.25) is 0 Å². The largest absolute Gasteiger partial charge is 0.478 e. The Morgan fingerprint density at radius 1 is 1.32 bits per heavy atom. The highest BCUT2D eigenvalue weighted by molar-refractivity contribution is 5.92. The van der Waals surface area contributed by atoms with Gasteiger partial charge in [0, 0.05) is 11.8 Å². The number of nitrogens with zero attached hydrogens (tertiary/aromatic N) is 2. The van der Waals surface area contributed by atoms with E-state index in [0.29, 0.717) is 17.8 Å². The van der Waals surface area contributed by atoms with Gasteiger partial charge in [-0.05, 0) is 24.6 Å². The number of aryl methyl sites for hydroxylation is 1. The number of carbonyl (C=O) groups is 2. The molecular weight excluding hydrogens is 246 g/mol. The fourth-order valence-electron chi connectivity index (χ4n) is 1.77. The molecule has 1 heterocycles. The van der Waals surface area contributed by atoms with E-state index in [1.807, 2.05) is 0 Å². The second kappa shape index (κ2) is 4.93. The minimum absolute atomic E-state index is 0.189. The second-order valence-electron chi connectivity index (χ2n) is 4.19. The Kier molecular flexibility index (Phi) is 3.33. The molecule has 0 saturated carbocycles. The molecule has 2 aromatic rings. The normalized spacial score (nSPS) is 10.4. The molecule has 0 atom stereocenters. The maximum atomic E-state index is 10.9. The monoisotopic (exact) mass is 259 g/mol. The summed E-state index contributed by atoms with van der Waals surface area (Å²) in [5.41, 5.74) is 7.16. The molecule has 0 spiro atoms. The topological polar surface area (TPSA) is 98.2 Å². The van der Waals surface area contributed by atoms with Crippen LogP contribution in [0.1, 0.15) is 32.0 Å². The summed E-state index contributed by atoms with van der Waals surface area (Å²) in [4.78, 5) is 21.8. The van der Waals surface area contributed by atoms with Gasteiger partial charge in [0.2, 0.25) is 5.91 Å².